The van der Waals surface area contributed by atoms with Crippen molar-refractivity contribution >= 4 is 10.4 Å². The number of nitrogens with zero attached hydrogens (tertiary/aromatic N) is 4. The molecular formula is C14H26N4O8S. The largest absolute Gasteiger partial charge is 0.759 e. The lowest BCUT2D eigenvalue weighted by atomic mass is 10.6. The molecule has 0 fully saturated rings. The SMILES string of the molecule is CC(O)n1cc[n+](CCO)c1.CC(O)n1cc[n+](CCO)c1.O=S(=O)([O-])[O-]. The maximum Gasteiger partial charge on any atom is 0.245 e. The molecule has 0 aliphatic carbocycles. The molecule has 2 heterocycles. The molecule has 0 saturated carbocycles. The number of hydrogen-bond donors (Lipinski definition) is 4. The fourth-order valence-electron chi connectivity index (χ4n) is 1.76. The summed E-state index contributed by atoms with van der Waals surface area (Å²) in [6, 6.07) is 0. The van der Waals surface area contributed by atoms with Gasteiger partial charge in [-0.25, -0.2) is 18.3 Å². The molecule has 27 heavy (non-hydrogen) atoms. The van der Waals surface area contributed by atoms with Gasteiger partial charge in [-0.1, -0.05) is 0 Å². The molecule has 2 atom stereocenters. The highest BCUT2D eigenvalue weighted by molar-refractivity contribution is 7.79. The highest BCUT2D eigenvalue weighted by atomic mass is 32.3. The lowest BCUT2D eigenvalue weighted by Gasteiger charge is -2.06. The van der Waals surface area contributed by atoms with Crippen LogP contribution in [0.3, 0.4) is 0 Å². The van der Waals surface area contributed by atoms with Gasteiger partial charge in [0.25, 0.3) is 0 Å². The molecule has 0 saturated heterocycles. The quantitative estimate of drug-likeness (QED) is 0.224. The number of aliphatic hydroxyl groups excluding tert-OH is 4. The second-order valence-corrected chi connectivity index (χ2v) is 6.13. The summed E-state index contributed by atoms with van der Waals surface area (Å²) in [4.78, 5) is 0. The smallest absolute Gasteiger partial charge is 0.245 e. The van der Waals surface area contributed by atoms with Crippen LogP contribution in [0.1, 0.15) is 26.3 Å². The fraction of sp³-hybridized carbons (Fsp3) is 0.571. The minimum atomic E-state index is -5.17. The minimum Gasteiger partial charge on any atom is -0.759 e. The second kappa shape index (κ2) is 12.5. The van der Waals surface area contributed by atoms with Crippen LogP contribution in [0.15, 0.2) is 37.4 Å². The Morgan fingerprint density at radius 2 is 1.19 bits per heavy atom. The first-order valence-electron chi connectivity index (χ1n) is 7.85. The van der Waals surface area contributed by atoms with Gasteiger partial charge in [0, 0.05) is 24.2 Å². The van der Waals surface area contributed by atoms with Gasteiger partial charge in [-0.3, -0.25) is 8.42 Å². The van der Waals surface area contributed by atoms with E-state index in [0.29, 0.717) is 13.1 Å². The van der Waals surface area contributed by atoms with E-state index in [1.807, 2.05) is 21.5 Å². The Kier molecular flexibility index (Phi) is 11.6. The van der Waals surface area contributed by atoms with E-state index >= 15 is 0 Å². The van der Waals surface area contributed by atoms with Gasteiger partial charge < -0.3 is 29.5 Å². The summed E-state index contributed by atoms with van der Waals surface area (Å²) in [5.74, 6) is 0. The molecule has 0 aliphatic rings. The van der Waals surface area contributed by atoms with Crippen molar-refractivity contribution in [2.75, 3.05) is 13.2 Å². The van der Waals surface area contributed by atoms with Crippen molar-refractivity contribution in [2.24, 2.45) is 0 Å². The third-order valence-corrected chi connectivity index (χ3v) is 3.00. The van der Waals surface area contributed by atoms with Gasteiger partial charge in [-0.05, 0) is 0 Å². The predicted octanol–water partition coefficient (Wildman–Crippen LogP) is -2.78. The van der Waals surface area contributed by atoms with Crippen LogP contribution in [-0.2, 0) is 23.5 Å². The van der Waals surface area contributed by atoms with Crippen LogP contribution in [0.2, 0.25) is 0 Å². The van der Waals surface area contributed by atoms with Crippen molar-refractivity contribution in [3.05, 3.63) is 37.4 Å². The molecule has 2 aromatic heterocycles. The van der Waals surface area contributed by atoms with E-state index in [2.05, 4.69) is 0 Å². The highest BCUT2D eigenvalue weighted by Crippen LogP contribution is 1.96. The van der Waals surface area contributed by atoms with E-state index in [4.69, 9.17) is 37.9 Å². The third kappa shape index (κ3) is 13.0. The van der Waals surface area contributed by atoms with Gasteiger partial charge in [-0.2, -0.15) is 0 Å². The molecule has 0 spiro atoms. The number of aromatic nitrogens is 4. The predicted molar refractivity (Wildman–Crippen MR) is 87.8 cm³/mol. The Morgan fingerprint density at radius 3 is 1.37 bits per heavy atom. The van der Waals surface area contributed by atoms with Gasteiger partial charge in [0.1, 0.15) is 37.9 Å². The molecule has 0 bridgehead atoms. The number of aliphatic hydroxyl groups is 4. The van der Waals surface area contributed by atoms with Crippen LogP contribution in [0, 0.1) is 0 Å². The zero-order valence-corrected chi connectivity index (χ0v) is 15.9. The first-order valence-corrected chi connectivity index (χ1v) is 9.18. The van der Waals surface area contributed by atoms with E-state index in [9.17, 15) is 0 Å². The van der Waals surface area contributed by atoms with Gasteiger partial charge in [0.15, 0.2) is 12.5 Å². The van der Waals surface area contributed by atoms with Crippen LogP contribution in [0.4, 0.5) is 0 Å². The van der Waals surface area contributed by atoms with E-state index in [0.717, 1.165) is 0 Å². The Morgan fingerprint density at radius 1 is 0.889 bits per heavy atom. The van der Waals surface area contributed by atoms with Gasteiger partial charge in [-0.15, -0.1) is 0 Å². The molecule has 2 unspecified atom stereocenters. The van der Waals surface area contributed by atoms with Gasteiger partial charge in [0.2, 0.25) is 12.7 Å². The van der Waals surface area contributed by atoms with Crippen LogP contribution in [-0.4, -0.2) is 60.3 Å². The third-order valence-electron chi connectivity index (χ3n) is 3.00. The molecule has 0 amide bonds. The van der Waals surface area contributed by atoms with Crippen LogP contribution >= 0.6 is 0 Å². The van der Waals surface area contributed by atoms with Crippen molar-refractivity contribution in [1.82, 2.24) is 9.13 Å². The molecular weight excluding hydrogens is 384 g/mol. The van der Waals surface area contributed by atoms with Crippen LogP contribution in [0.5, 0.6) is 0 Å². The van der Waals surface area contributed by atoms with Crippen molar-refractivity contribution in [1.29, 1.82) is 0 Å². The molecule has 12 nitrogen and oxygen atoms in total. The average Bonchev–Trinajstić information content (AvgIpc) is 3.16. The molecule has 156 valence electrons. The zero-order valence-electron chi connectivity index (χ0n) is 15.1. The van der Waals surface area contributed by atoms with E-state index in [-0.39, 0.29) is 13.2 Å². The molecule has 4 N–H and O–H groups in total. The zero-order chi connectivity index (χ0) is 21.0. The lowest BCUT2D eigenvalue weighted by Crippen LogP contribution is -2.33. The van der Waals surface area contributed by atoms with Gasteiger partial charge >= 0.3 is 0 Å². The van der Waals surface area contributed by atoms with E-state index < -0.39 is 22.9 Å². The second-order valence-electron chi connectivity index (χ2n) is 5.32. The number of hydrogen-bond acceptors (Lipinski definition) is 8. The number of rotatable bonds is 6. The standard InChI is InChI=1S/2C7H13N2O2.H2O4S/c2*1-7(11)9-3-2-8(6-9)4-5-10;1-5(2,3)4/h2*2-3,6-7,10-11H,4-5H2,1H3;(H2,1,2,3,4)/q2*+1;/p-2. The van der Waals surface area contributed by atoms with E-state index in [1.165, 1.54) is 0 Å². The normalized spacial score (nSPS) is 13.0. The molecule has 2 rings (SSSR count). The summed E-state index contributed by atoms with van der Waals surface area (Å²) in [7, 11) is -5.17. The number of imidazole rings is 2. The molecule has 0 aromatic carbocycles. The Bertz CT molecular complexity index is 686. The molecule has 13 heteroatoms. The van der Waals surface area contributed by atoms with Crippen molar-refractivity contribution in [3.8, 4) is 0 Å². The Labute approximate surface area is 157 Å². The summed E-state index contributed by atoms with van der Waals surface area (Å²) in [6.45, 7) is 4.75. The summed E-state index contributed by atoms with van der Waals surface area (Å²) in [5.41, 5.74) is 0. The molecule has 0 radical (unpaired) electrons. The first-order chi connectivity index (χ1) is 12.5. The Hall–Kier alpha value is -1.87. The average molecular weight is 410 g/mol. The fourth-order valence-corrected chi connectivity index (χ4v) is 1.76. The van der Waals surface area contributed by atoms with Crippen LogP contribution < -0.4 is 9.13 Å². The van der Waals surface area contributed by atoms with Gasteiger partial charge in [0.05, 0.1) is 13.2 Å². The summed E-state index contributed by atoms with van der Waals surface area (Å²) < 4.78 is 41.0. The summed E-state index contributed by atoms with van der Waals surface area (Å²) >= 11 is 0. The topological polar surface area (TPSA) is 179 Å². The molecule has 0 aliphatic heterocycles. The van der Waals surface area contributed by atoms with Crippen molar-refractivity contribution < 1.29 is 47.1 Å². The summed E-state index contributed by atoms with van der Waals surface area (Å²) in [5, 5.41) is 35.3. The lowest BCUT2D eigenvalue weighted by molar-refractivity contribution is -0.698. The van der Waals surface area contributed by atoms with Crippen molar-refractivity contribution in [3.63, 3.8) is 0 Å². The first kappa shape index (κ1) is 25.1. The molecule has 2 aromatic rings. The van der Waals surface area contributed by atoms with E-state index in [1.54, 1.807) is 48.0 Å². The van der Waals surface area contributed by atoms with Crippen LogP contribution in [0.25, 0.3) is 0 Å². The maximum absolute atomic E-state index is 9.09. The van der Waals surface area contributed by atoms with Crippen molar-refractivity contribution in [2.45, 2.75) is 39.4 Å². The summed E-state index contributed by atoms with van der Waals surface area (Å²) in [6.07, 6.45) is 9.64. The highest BCUT2D eigenvalue weighted by Gasteiger charge is 2.07. The minimum absolute atomic E-state index is 0.120. The maximum atomic E-state index is 9.09. The monoisotopic (exact) mass is 410 g/mol. The Balaban J connectivity index is 0.000000405.